The molecule has 0 aliphatic carbocycles. The number of amides is 1. The number of ether oxygens (including phenoxy) is 2. The molecule has 2 aliphatic heterocycles. The van der Waals surface area contributed by atoms with Crippen molar-refractivity contribution in [1.29, 1.82) is 0 Å². The van der Waals surface area contributed by atoms with Crippen molar-refractivity contribution in [3.05, 3.63) is 51.6 Å². The Bertz CT molecular complexity index is 1480. The molecular weight excluding hydrogens is 552 g/mol. The van der Waals surface area contributed by atoms with Gasteiger partial charge in [-0.1, -0.05) is 23.2 Å². The van der Waals surface area contributed by atoms with Crippen molar-refractivity contribution in [1.82, 2.24) is 14.7 Å². The molecule has 3 aromatic rings. The van der Waals surface area contributed by atoms with Gasteiger partial charge in [0.2, 0.25) is 0 Å². The minimum absolute atomic E-state index is 0.147. The topological polar surface area (TPSA) is 75.1 Å². The molecule has 0 saturated carbocycles. The fourth-order valence-electron chi connectivity index (χ4n) is 4.71. The van der Waals surface area contributed by atoms with Gasteiger partial charge in [-0.15, -0.1) is 0 Å². The molecule has 1 amide bonds. The summed E-state index contributed by atoms with van der Waals surface area (Å²) in [4.78, 5) is 15.4. The number of methoxy groups -OCH3 is 1. The third-order valence-electron chi connectivity index (χ3n) is 8.06. The van der Waals surface area contributed by atoms with Gasteiger partial charge < -0.3 is 23.7 Å². The maximum atomic E-state index is 13.8. The summed E-state index contributed by atoms with van der Waals surface area (Å²) in [6.07, 6.45) is 0. The Kier molecular flexibility index (Phi) is 6.98. The van der Waals surface area contributed by atoms with E-state index in [1.807, 2.05) is 60.6 Å². The van der Waals surface area contributed by atoms with Crippen LogP contribution in [0.2, 0.25) is 10.0 Å². The first-order chi connectivity index (χ1) is 18.5. The van der Waals surface area contributed by atoms with E-state index in [9.17, 15) is 4.79 Å². The highest BCUT2D eigenvalue weighted by atomic mass is 35.5. The number of benzene rings is 2. The van der Waals surface area contributed by atoms with E-state index in [0.717, 1.165) is 0 Å². The minimum atomic E-state index is -0.680. The van der Waals surface area contributed by atoms with Crippen LogP contribution < -0.4 is 14.9 Å². The normalized spacial score (nSPS) is 17.2. The summed E-state index contributed by atoms with van der Waals surface area (Å²) in [5.74, 6) is 0.936. The zero-order valence-corrected chi connectivity index (χ0v) is 25.8. The second-order valence-corrected chi connectivity index (χ2v) is 13.1. The number of rotatable bonds is 4. The van der Waals surface area contributed by atoms with Crippen LogP contribution in [-0.4, -0.2) is 58.6 Å². The molecule has 0 unspecified atom stereocenters. The standard InChI is InChI=1S/C29H34BCl2N3O5/c1-27(2,3)34(8)26(36)24-20-15-38-22-14-23(37-9)21(30-39-28(4,5)29(6,7)40-30)13-19(22)25(20)35(33-24)18-11-16(31)10-17(32)12-18/h10-14H,15H2,1-9H3. The predicted octanol–water partition coefficient (Wildman–Crippen LogP) is 5.92. The number of carbonyl (C=O) groups is 1. The number of nitrogens with zero attached hydrogens (tertiary/aromatic N) is 3. The molecule has 3 heterocycles. The zero-order valence-electron chi connectivity index (χ0n) is 24.3. The number of fused-ring (bicyclic) bond motifs is 3. The Balaban J connectivity index is 1.75. The van der Waals surface area contributed by atoms with Gasteiger partial charge in [0.05, 0.1) is 29.7 Å². The molecule has 212 valence electrons. The highest BCUT2D eigenvalue weighted by Gasteiger charge is 2.53. The molecule has 8 nitrogen and oxygen atoms in total. The Morgan fingerprint density at radius 3 is 2.20 bits per heavy atom. The maximum Gasteiger partial charge on any atom is 0.498 e. The molecule has 0 radical (unpaired) electrons. The van der Waals surface area contributed by atoms with Crippen LogP contribution in [0, 0.1) is 0 Å². The van der Waals surface area contributed by atoms with Crippen LogP contribution >= 0.6 is 23.2 Å². The van der Waals surface area contributed by atoms with Crippen molar-refractivity contribution in [2.75, 3.05) is 14.2 Å². The van der Waals surface area contributed by atoms with E-state index in [1.54, 1.807) is 41.9 Å². The van der Waals surface area contributed by atoms with Crippen molar-refractivity contribution in [2.45, 2.75) is 71.8 Å². The minimum Gasteiger partial charge on any atom is -0.497 e. The summed E-state index contributed by atoms with van der Waals surface area (Å²) >= 11 is 12.8. The smallest absolute Gasteiger partial charge is 0.497 e. The Hall–Kier alpha value is -2.72. The SMILES string of the molecule is COc1cc2c(cc1B1OC(C)(C)C(C)(C)O1)-c1c(c(C(=O)N(C)C(C)(C)C)nn1-c1cc(Cl)cc(Cl)c1)CO2. The van der Waals surface area contributed by atoms with Gasteiger partial charge in [0, 0.05) is 45.3 Å². The second kappa shape index (κ2) is 9.69. The van der Waals surface area contributed by atoms with Gasteiger partial charge in [-0.3, -0.25) is 4.79 Å². The highest BCUT2D eigenvalue weighted by Crippen LogP contribution is 2.44. The number of halogens is 2. The van der Waals surface area contributed by atoms with Gasteiger partial charge in [-0.25, -0.2) is 4.68 Å². The van der Waals surface area contributed by atoms with E-state index in [-0.39, 0.29) is 12.5 Å². The lowest BCUT2D eigenvalue weighted by molar-refractivity contribution is 0.00578. The van der Waals surface area contributed by atoms with Crippen LogP contribution in [0.4, 0.5) is 0 Å². The number of aromatic nitrogens is 2. The average Bonchev–Trinajstić information content (AvgIpc) is 3.35. The van der Waals surface area contributed by atoms with E-state index in [2.05, 4.69) is 0 Å². The van der Waals surface area contributed by atoms with Crippen LogP contribution in [-0.2, 0) is 15.9 Å². The maximum absolute atomic E-state index is 13.8. The van der Waals surface area contributed by atoms with Crippen LogP contribution in [0.5, 0.6) is 11.5 Å². The molecule has 2 aliphatic rings. The molecule has 5 rings (SSSR count). The molecule has 2 aromatic carbocycles. The van der Waals surface area contributed by atoms with E-state index in [0.29, 0.717) is 55.2 Å². The Labute approximate surface area is 245 Å². The summed E-state index contributed by atoms with van der Waals surface area (Å²) in [5, 5.41) is 5.73. The molecule has 1 saturated heterocycles. The van der Waals surface area contributed by atoms with Crippen LogP contribution in [0.1, 0.15) is 64.5 Å². The highest BCUT2D eigenvalue weighted by molar-refractivity contribution is 6.63. The monoisotopic (exact) mass is 585 g/mol. The molecule has 1 aromatic heterocycles. The van der Waals surface area contributed by atoms with Crippen molar-refractivity contribution >= 4 is 41.7 Å². The van der Waals surface area contributed by atoms with Crippen LogP contribution in [0.25, 0.3) is 16.9 Å². The van der Waals surface area contributed by atoms with E-state index in [1.165, 1.54) is 0 Å². The second-order valence-electron chi connectivity index (χ2n) is 12.2. The van der Waals surface area contributed by atoms with Gasteiger partial charge in [0.15, 0.2) is 5.69 Å². The first-order valence-corrected chi connectivity index (χ1v) is 13.9. The van der Waals surface area contributed by atoms with Gasteiger partial charge in [-0.2, -0.15) is 5.10 Å². The molecule has 1 fully saturated rings. The largest absolute Gasteiger partial charge is 0.498 e. The van der Waals surface area contributed by atoms with Crippen molar-refractivity contribution in [3.8, 4) is 28.4 Å². The van der Waals surface area contributed by atoms with Gasteiger partial charge in [0.25, 0.3) is 5.91 Å². The molecule has 0 atom stereocenters. The summed E-state index contributed by atoms with van der Waals surface area (Å²) < 4.78 is 26.4. The summed E-state index contributed by atoms with van der Waals surface area (Å²) in [7, 11) is 2.69. The van der Waals surface area contributed by atoms with Crippen molar-refractivity contribution in [3.63, 3.8) is 0 Å². The molecule has 40 heavy (non-hydrogen) atoms. The van der Waals surface area contributed by atoms with E-state index >= 15 is 0 Å². The number of carbonyl (C=O) groups excluding carboxylic acids is 1. The lowest BCUT2D eigenvalue weighted by Crippen LogP contribution is -2.43. The Morgan fingerprint density at radius 1 is 1.05 bits per heavy atom. The van der Waals surface area contributed by atoms with Gasteiger partial charge in [-0.05, 0) is 72.7 Å². The average molecular weight is 586 g/mol. The summed E-state index contributed by atoms with van der Waals surface area (Å²) in [6, 6.07) is 8.93. The Morgan fingerprint density at radius 2 is 1.65 bits per heavy atom. The first-order valence-electron chi connectivity index (χ1n) is 13.1. The lowest BCUT2D eigenvalue weighted by atomic mass is 9.76. The van der Waals surface area contributed by atoms with E-state index < -0.39 is 23.9 Å². The zero-order chi connectivity index (χ0) is 29.4. The lowest BCUT2D eigenvalue weighted by Gasteiger charge is -2.32. The fourth-order valence-corrected chi connectivity index (χ4v) is 5.23. The van der Waals surface area contributed by atoms with Crippen molar-refractivity contribution in [2.24, 2.45) is 0 Å². The molecule has 0 bridgehead atoms. The number of hydrogen-bond acceptors (Lipinski definition) is 6. The number of hydrogen-bond donors (Lipinski definition) is 0. The quantitative estimate of drug-likeness (QED) is 0.354. The van der Waals surface area contributed by atoms with Crippen molar-refractivity contribution < 1.29 is 23.6 Å². The molecular formula is C29H34BCl2N3O5. The summed E-state index contributed by atoms with van der Waals surface area (Å²) in [5.41, 5.74) is 2.18. The van der Waals surface area contributed by atoms with E-state index in [4.69, 9.17) is 47.1 Å². The van der Waals surface area contributed by atoms with Gasteiger partial charge >= 0.3 is 7.12 Å². The fraction of sp³-hybridized carbons (Fsp3) is 0.448. The third-order valence-corrected chi connectivity index (χ3v) is 8.49. The van der Waals surface area contributed by atoms with Gasteiger partial charge in [0.1, 0.15) is 18.1 Å². The first kappa shape index (κ1) is 28.8. The van der Waals surface area contributed by atoms with Crippen LogP contribution in [0.3, 0.4) is 0 Å². The molecule has 0 spiro atoms. The summed E-state index contributed by atoms with van der Waals surface area (Å²) in [6.45, 7) is 14.1. The predicted molar refractivity (Wildman–Crippen MR) is 157 cm³/mol. The third kappa shape index (κ3) is 4.77. The van der Waals surface area contributed by atoms with Crippen LogP contribution in [0.15, 0.2) is 30.3 Å². The molecule has 11 heteroatoms. The molecule has 0 N–H and O–H groups in total.